The van der Waals surface area contributed by atoms with Crippen molar-refractivity contribution in [3.05, 3.63) is 24.3 Å². The van der Waals surface area contributed by atoms with Crippen LogP contribution in [0.3, 0.4) is 0 Å². The van der Waals surface area contributed by atoms with Gasteiger partial charge < -0.3 is 14.8 Å². The third kappa shape index (κ3) is 4.03. The molecule has 1 amide bonds. The molecule has 0 saturated heterocycles. The van der Waals surface area contributed by atoms with Gasteiger partial charge in [-0.15, -0.1) is 0 Å². The van der Waals surface area contributed by atoms with Gasteiger partial charge in [-0.25, -0.2) is 0 Å². The quantitative estimate of drug-likeness (QED) is 0.819. The summed E-state index contributed by atoms with van der Waals surface area (Å²) in [7, 11) is 1.59. The van der Waals surface area contributed by atoms with E-state index < -0.39 is 0 Å². The number of fused-ring (bicyclic) bond motifs is 2. The smallest absolute Gasteiger partial charge is 0.306 e. The van der Waals surface area contributed by atoms with Crippen LogP contribution in [0.5, 0.6) is 5.75 Å². The van der Waals surface area contributed by atoms with E-state index in [1.165, 1.54) is 19.3 Å². The van der Waals surface area contributed by atoms with E-state index in [4.69, 9.17) is 9.47 Å². The van der Waals surface area contributed by atoms with Gasteiger partial charge in [-0.1, -0.05) is 6.42 Å². The van der Waals surface area contributed by atoms with Crippen LogP contribution in [0.4, 0.5) is 5.69 Å². The lowest BCUT2D eigenvalue weighted by molar-refractivity contribution is -0.148. The molecule has 3 rings (SSSR count). The van der Waals surface area contributed by atoms with Gasteiger partial charge in [0.25, 0.3) is 5.91 Å². The maximum Gasteiger partial charge on any atom is 0.306 e. The summed E-state index contributed by atoms with van der Waals surface area (Å²) in [5.41, 5.74) is 0.653. The molecule has 0 radical (unpaired) electrons. The third-order valence-corrected chi connectivity index (χ3v) is 5.05. The molecule has 5 nitrogen and oxygen atoms in total. The summed E-state index contributed by atoms with van der Waals surface area (Å²) in [6.07, 6.45) is 5.45. The zero-order valence-electron chi connectivity index (χ0n) is 13.4. The van der Waals surface area contributed by atoms with E-state index in [-0.39, 0.29) is 18.5 Å². The molecule has 1 aromatic carbocycles. The number of carbonyl (C=O) groups excluding carboxylic acids is 2. The summed E-state index contributed by atoms with van der Waals surface area (Å²) < 4.78 is 10.2. The molecule has 2 aliphatic rings. The van der Waals surface area contributed by atoms with E-state index in [0.717, 1.165) is 18.1 Å². The van der Waals surface area contributed by atoms with Gasteiger partial charge in [-0.05, 0) is 61.3 Å². The number of benzene rings is 1. The summed E-state index contributed by atoms with van der Waals surface area (Å²) in [5.74, 6) is 2.12. The molecule has 0 aromatic heterocycles. The Labute approximate surface area is 136 Å². The molecule has 2 saturated carbocycles. The zero-order chi connectivity index (χ0) is 16.2. The van der Waals surface area contributed by atoms with Crippen LogP contribution in [0.2, 0.25) is 0 Å². The lowest BCUT2D eigenvalue weighted by Crippen LogP contribution is -2.23. The average molecular weight is 317 g/mol. The predicted octanol–water partition coefficient (Wildman–Crippen LogP) is 3.00. The number of hydrogen-bond acceptors (Lipinski definition) is 4. The molecule has 1 N–H and O–H groups in total. The Balaban J connectivity index is 1.39. The number of rotatable bonds is 6. The first kappa shape index (κ1) is 15.8. The fourth-order valence-corrected chi connectivity index (χ4v) is 3.92. The average Bonchev–Trinajstić information content (AvgIpc) is 3.16. The fraction of sp³-hybridized carbons (Fsp3) is 0.556. The molecule has 0 aliphatic heterocycles. The van der Waals surface area contributed by atoms with Crippen LogP contribution in [0, 0.1) is 17.8 Å². The van der Waals surface area contributed by atoms with Crippen LogP contribution >= 0.6 is 0 Å². The minimum atomic E-state index is -0.323. The Kier molecular flexibility index (Phi) is 4.84. The molecule has 5 heteroatoms. The van der Waals surface area contributed by atoms with Gasteiger partial charge in [-0.3, -0.25) is 9.59 Å². The van der Waals surface area contributed by atoms with Gasteiger partial charge in [0.1, 0.15) is 5.75 Å². The van der Waals surface area contributed by atoms with Gasteiger partial charge in [0.15, 0.2) is 6.61 Å². The van der Waals surface area contributed by atoms with Crippen LogP contribution in [0.1, 0.15) is 32.1 Å². The normalized spacial score (nSPS) is 25.2. The van der Waals surface area contributed by atoms with Crippen molar-refractivity contribution in [3.63, 3.8) is 0 Å². The van der Waals surface area contributed by atoms with E-state index in [0.29, 0.717) is 23.9 Å². The summed E-state index contributed by atoms with van der Waals surface area (Å²) >= 11 is 0. The first-order valence-corrected chi connectivity index (χ1v) is 8.23. The molecular formula is C18H23NO4. The van der Waals surface area contributed by atoms with E-state index in [1.807, 2.05) is 0 Å². The Morgan fingerprint density at radius 2 is 1.96 bits per heavy atom. The minimum absolute atomic E-state index is 0.230. The van der Waals surface area contributed by atoms with Gasteiger partial charge in [0, 0.05) is 12.1 Å². The second-order valence-electron chi connectivity index (χ2n) is 6.58. The number of methoxy groups -OCH3 is 1. The summed E-state index contributed by atoms with van der Waals surface area (Å²) in [5, 5.41) is 2.70. The molecule has 23 heavy (non-hydrogen) atoms. The Morgan fingerprint density at radius 3 is 2.57 bits per heavy atom. The molecule has 124 valence electrons. The number of carbonyl (C=O) groups is 2. The first-order valence-electron chi connectivity index (χ1n) is 8.23. The molecule has 2 fully saturated rings. The summed E-state index contributed by atoms with van der Waals surface area (Å²) in [4.78, 5) is 23.7. The largest absolute Gasteiger partial charge is 0.497 e. The molecule has 1 aromatic rings. The van der Waals surface area contributed by atoms with Gasteiger partial charge in [0.05, 0.1) is 7.11 Å². The van der Waals surface area contributed by atoms with Gasteiger partial charge in [0.2, 0.25) is 0 Å². The number of hydrogen-bond donors (Lipinski definition) is 1. The van der Waals surface area contributed by atoms with Crippen molar-refractivity contribution >= 4 is 17.6 Å². The number of anilines is 1. The predicted molar refractivity (Wildman–Crippen MR) is 86.1 cm³/mol. The summed E-state index contributed by atoms with van der Waals surface area (Å²) in [6, 6.07) is 7.01. The lowest BCUT2D eigenvalue weighted by atomic mass is 9.86. The standard InChI is InChI=1S/C18H23NO4/c1-22-16-6-4-15(5-7-16)19-17(20)11-23-18(21)10-14-9-12-2-3-13(14)8-12/h4-7,12-14H,2-3,8-11H2,1H3,(H,19,20)/t12-,13+,14+/m0/s1. The van der Waals surface area contributed by atoms with Crippen molar-refractivity contribution < 1.29 is 19.1 Å². The minimum Gasteiger partial charge on any atom is -0.497 e. The molecule has 0 heterocycles. The Hall–Kier alpha value is -2.04. The molecule has 2 bridgehead atoms. The van der Waals surface area contributed by atoms with Crippen molar-refractivity contribution in [2.45, 2.75) is 32.1 Å². The highest BCUT2D eigenvalue weighted by atomic mass is 16.5. The van der Waals surface area contributed by atoms with Crippen molar-refractivity contribution in [2.24, 2.45) is 17.8 Å². The van der Waals surface area contributed by atoms with E-state index in [9.17, 15) is 9.59 Å². The van der Waals surface area contributed by atoms with Gasteiger partial charge >= 0.3 is 5.97 Å². The van der Waals surface area contributed by atoms with E-state index in [1.54, 1.807) is 31.4 Å². The maximum absolute atomic E-state index is 11.9. The van der Waals surface area contributed by atoms with Crippen molar-refractivity contribution in [2.75, 3.05) is 19.0 Å². The summed E-state index contributed by atoms with van der Waals surface area (Å²) in [6.45, 7) is -0.230. The zero-order valence-corrected chi connectivity index (χ0v) is 13.4. The second kappa shape index (κ2) is 7.02. The highest BCUT2D eigenvalue weighted by Crippen LogP contribution is 2.49. The Bertz CT molecular complexity index is 569. The van der Waals surface area contributed by atoms with Crippen molar-refractivity contribution in [1.82, 2.24) is 0 Å². The fourth-order valence-electron chi connectivity index (χ4n) is 3.92. The number of esters is 1. The number of nitrogens with one attached hydrogen (secondary N) is 1. The van der Waals surface area contributed by atoms with E-state index in [2.05, 4.69) is 5.32 Å². The highest BCUT2D eigenvalue weighted by molar-refractivity contribution is 5.92. The van der Waals surface area contributed by atoms with Crippen molar-refractivity contribution in [1.29, 1.82) is 0 Å². The molecular weight excluding hydrogens is 294 g/mol. The lowest BCUT2D eigenvalue weighted by Gasteiger charge is -2.20. The molecule has 0 spiro atoms. The van der Waals surface area contributed by atoms with Crippen LogP contribution in [-0.4, -0.2) is 25.6 Å². The molecule has 2 aliphatic carbocycles. The molecule has 3 atom stereocenters. The van der Waals surface area contributed by atoms with E-state index >= 15 is 0 Å². The van der Waals surface area contributed by atoms with Crippen LogP contribution in [-0.2, 0) is 14.3 Å². The van der Waals surface area contributed by atoms with Gasteiger partial charge in [-0.2, -0.15) is 0 Å². The highest BCUT2D eigenvalue weighted by Gasteiger charge is 2.40. The number of amides is 1. The van der Waals surface area contributed by atoms with Crippen LogP contribution < -0.4 is 10.1 Å². The van der Waals surface area contributed by atoms with Crippen molar-refractivity contribution in [3.8, 4) is 5.75 Å². The topological polar surface area (TPSA) is 64.6 Å². The second-order valence-corrected chi connectivity index (χ2v) is 6.58. The SMILES string of the molecule is COc1ccc(NC(=O)COC(=O)C[C@H]2C[C@H]3CC[C@@H]2C3)cc1. The first-order chi connectivity index (χ1) is 11.1. The van der Waals surface area contributed by atoms with Crippen LogP contribution in [0.15, 0.2) is 24.3 Å². The molecule has 0 unspecified atom stereocenters. The third-order valence-electron chi connectivity index (χ3n) is 5.05. The number of ether oxygens (including phenoxy) is 2. The maximum atomic E-state index is 11.9. The monoisotopic (exact) mass is 317 g/mol. The Morgan fingerprint density at radius 1 is 1.17 bits per heavy atom. The van der Waals surface area contributed by atoms with Crippen LogP contribution in [0.25, 0.3) is 0 Å².